The predicted octanol–water partition coefficient (Wildman–Crippen LogP) is 2.47. The summed E-state index contributed by atoms with van der Waals surface area (Å²) < 4.78 is 5.43. The molecule has 2 amide bonds. The maximum absolute atomic E-state index is 12.5. The third kappa shape index (κ3) is 3.55. The number of halogens is 1. The average molecular weight is 339 g/mol. The molecule has 0 spiro atoms. The first-order valence-electron chi connectivity index (χ1n) is 7.54. The van der Waals surface area contributed by atoms with Gasteiger partial charge in [-0.1, -0.05) is 11.6 Å². The zero-order valence-corrected chi connectivity index (χ0v) is 14.0. The van der Waals surface area contributed by atoms with Crippen LogP contribution in [0.5, 0.6) is 0 Å². The fraction of sp³-hybridized carbons (Fsp3) is 0.600. The van der Waals surface area contributed by atoms with E-state index in [1.165, 1.54) is 12.4 Å². The largest absolute Gasteiger partial charge is 0.444 e. The van der Waals surface area contributed by atoms with Gasteiger partial charge in [0.05, 0.1) is 12.4 Å². The first-order valence-corrected chi connectivity index (χ1v) is 7.92. The Morgan fingerprint density at radius 3 is 2.74 bits per heavy atom. The summed E-state index contributed by atoms with van der Waals surface area (Å²) >= 11 is 5.76. The molecule has 3 atom stereocenters. The molecule has 0 bridgehead atoms. The highest BCUT2D eigenvalue weighted by Gasteiger charge is 2.57. The molecule has 1 aliphatic heterocycles. The van der Waals surface area contributed by atoms with E-state index in [0.717, 1.165) is 6.42 Å². The molecule has 1 saturated carbocycles. The van der Waals surface area contributed by atoms with Crippen LogP contribution in [0.15, 0.2) is 12.4 Å². The molecule has 1 aromatic heterocycles. The van der Waals surface area contributed by atoms with Gasteiger partial charge in [0.2, 0.25) is 5.91 Å². The summed E-state index contributed by atoms with van der Waals surface area (Å²) in [5.41, 5.74) is -0.594. The van der Waals surface area contributed by atoms with Crippen LogP contribution < -0.4 is 5.32 Å². The van der Waals surface area contributed by atoms with E-state index in [4.69, 9.17) is 16.3 Å². The molecule has 1 aliphatic carbocycles. The maximum Gasteiger partial charge on any atom is 0.411 e. The minimum atomic E-state index is -0.594. The number of aromatic nitrogens is 2. The zero-order valence-electron chi connectivity index (χ0n) is 13.2. The van der Waals surface area contributed by atoms with Gasteiger partial charge in [-0.2, -0.15) is 0 Å². The second-order valence-corrected chi connectivity index (χ2v) is 7.31. The third-order valence-corrected chi connectivity index (χ3v) is 4.05. The summed E-state index contributed by atoms with van der Waals surface area (Å²) in [6.45, 7) is 5.42. The smallest absolute Gasteiger partial charge is 0.411 e. The Labute approximate surface area is 139 Å². The summed E-state index contributed by atoms with van der Waals surface area (Å²) in [5.74, 6) is 0.357. The average Bonchev–Trinajstić information content (AvgIpc) is 3.06. The minimum absolute atomic E-state index is 0.103. The molecule has 2 aliphatic rings. The predicted molar refractivity (Wildman–Crippen MR) is 84.0 cm³/mol. The highest BCUT2D eigenvalue weighted by Crippen LogP contribution is 2.48. The monoisotopic (exact) mass is 338 g/mol. The summed E-state index contributed by atoms with van der Waals surface area (Å²) in [6, 6.07) is -0.444. The van der Waals surface area contributed by atoms with Gasteiger partial charge in [0.15, 0.2) is 5.82 Å². The van der Waals surface area contributed by atoms with Gasteiger partial charge >= 0.3 is 6.09 Å². The van der Waals surface area contributed by atoms with E-state index in [1.54, 1.807) is 4.90 Å². The maximum atomic E-state index is 12.5. The number of anilines is 1. The van der Waals surface area contributed by atoms with Crippen molar-refractivity contribution in [1.82, 2.24) is 14.9 Å². The molecule has 0 aromatic carbocycles. The van der Waals surface area contributed by atoms with Crippen LogP contribution in [0.4, 0.5) is 10.6 Å². The van der Waals surface area contributed by atoms with Gasteiger partial charge in [0.25, 0.3) is 0 Å². The minimum Gasteiger partial charge on any atom is -0.444 e. The molecular formula is C15H19ClN4O3. The number of fused-ring (bicyclic) bond motifs is 1. The van der Waals surface area contributed by atoms with Crippen molar-refractivity contribution in [3.05, 3.63) is 17.5 Å². The Hall–Kier alpha value is -1.89. The number of rotatable bonds is 2. The zero-order chi connectivity index (χ0) is 16.8. The second kappa shape index (κ2) is 5.63. The van der Waals surface area contributed by atoms with Gasteiger partial charge in [0.1, 0.15) is 16.8 Å². The number of likely N-dealkylation sites (tertiary alicyclic amines) is 1. The van der Waals surface area contributed by atoms with E-state index in [0.29, 0.717) is 12.3 Å². The van der Waals surface area contributed by atoms with E-state index in [2.05, 4.69) is 15.3 Å². The Balaban J connectivity index is 1.71. The first kappa shape index (κ1) is 16.0. The molecule has 0 unspecified atom stereocenters. The van der Waals surface area contributed by atoms with Crippen LogP contribution in [0.25, 0.3) is 0 Å². The van der Waals surface area contributed by atoms with Crippen molar-refractivity contribution in [2.75, 3.05) is 5.32 Å². The van der Waals surface area contributed by atoms with Gasteiger partial charge in [-0.05, 0) is 39.5 Å². The normalized spacial score (nSPS) is 25.7. The van der Waals surface area contributed by atoms with Gasteiger partial charge < -0.3 is 10.1 Å². The lowest BCUT2D eigenvalue weighted by Crippen LogP contribution is -2.47. The lowest BCUT2D eigenvalue weighted by molar-refractivity contribution is -0.121. The van der Waals surface area contributed by atoms with E-state index in [-0.39, 0.29) is 22.9 Å². The van der Waals surface area contributed by atoms with E-state index in [1.807, 2.05) is 20.8 Å². The lowest BCUT2D eigenvalue weighted by atomic mass is 10.1. The highest BCUT2D eigenvalue weighted by atomic mass is 35.5. The Morgan fingerprint density at radius 2 is 2.09 bits per heavy atom. The van der Waals surface area contributed by atoms with Crippen molar-refractivity contribution < 1.29 is 14.3 Å². The molecule has 124 valence electrons. The molecule has 23 heavy (non-hydrogen) atoms. The van der Waals surface area contributed by atoms with Gasteiger partial charge in [-0.3, -0.25) is 14.7 Å². The summed E-state index contributed by atoms with van der Waals surface area (Å²) in [4.78, 5) is 34.3. The van der Waals surface area contributed by atoms with Gasteiger partial charge in [-0.15, -0.1) is 0 Å². The van der Waals surface area contributed by atoms with E-state index >= 15 is 0 Å². The molecular weight excluding hydrogens is 320 g/mol. The molecule has 1 aromatic rings. The topological polar surface area (TPSA) is 84.4 Å². The Kier molecular flexibility index (Phi) is 3.91. The highest BCUT2D eigenvalue weighted by molar-refractivity contribution is 6.29. The van der Waals surface area contributed by atoms with Crippen molar-refractivity contribution in [3.8, 4) is 0 Å². The van der Waals surface area contributed by atoms with Crippen molar-refractivity contribution in [1.29, 1.82) is 0 Å². The second-order valence-electron chi connectivity index (χ2n) is 6.92. The van der Waals surface area contributed by atoms with Gasteiger partial charge in [-0.25, -0.2) is 9.78 Å². The van der Waals surface area contributed by atoms with Crippen molar-refractivity contribution in [2.45, 2.75) is 51.3 Å². The number of ether oxygens (including phenoxy) is 1. The van der Waals surface area contributed by atoms with Crippen LogP contribution in [-0.2, 0) is 9.53 Å². The third-order valence-electron chi connectivity index (χ3n) is 3.87. The number of piperidine rings is 1. The van der Waals surface area contributed by atoms with Crippen LogP contribution >= 0.6 is 11.6 Å². The molecule has 3 rings (SSSR count). The molecule has 1 saturated heterocycles. The summed E-state index contributed by atoms with van der Waals surface area (Å²) in [7, 11) is 0. The van der Waals surface area contributed by atoms with Gasteiger partial charge in [0, 0.05) is 6.04 Å². The van der Waals surface area contributed by atoms with Crippen molar-refractivity contribution in [2.24, 2.45) is 5.92 Å². The number of nitrogens with one attached hydrogen (secondary N) is 1. The molecule has 8 heteroatoms. The fourth-order valence-corrected chi connectivity index (χ4v) is 3.03. The number of hydrogen-bond acceptors (Lipinski definition) is 5. The lowest BCUT2D eigenvalue weighted by Gasteiger charge is -2.29. The Morgan fingerprint density at radius 1 is 1.35 bits per heavy atom. The number of nitrogens with zero attached hydrogens (tertiary/aromatic N) is 3. The van der Waals surface area contributed by atoms with Crippen LogP contribution in [0.1, 0.15) is 33.6 Å². The molecule has 0 radical (unpaired) electrons. The summed E-state index contributed by atoms with van der Waals surface area (Å²) in [5, 5.41) is 2.86. The van der Waals surface area contributed by atoms with E-state index in [9.17, 15) is 9.59 Å². The molecule has 2 heterocycles. The SMILES string of the molecule is CC(C)(C)OC(=O)N1[C@@H]2C[C@@H]2C[C@H]1C(=O)Nc1cncc(Cl)n1. The number of amides is 2. The Bertz CT molecular complexity index is 646. The molecule has 7 nitrogen and oxygen atoms in total. The molecule has 1 N–H and O–H groups in total. The quantitative estimate of drug-likeness (QED) is 0.895. The number of carbonyl (C=O) groups is 2. The number of carbonyl (C=O) groups excluding carboxylic acids is 2. The van der Waals surface area contributed by atoms with Crippen LogP contribution in [0, 0.1) is 5.92 Å². The van der Waals surface area contributed by atoms with Crippen LogP contribution in [-0.4, -0.2) is 44.6 Å². The van der Waals surface area contributed by atoms with E-state index < -0.39 is 17.7 Å². The molecule has 2 fully saturated rings. The van der Waals surface area contributed by atoms with Crippen LogP contribution in [0.3, 0.4) is 0 Å². The standard InChI is InChI=1S/C15H19ClN4O3/c1-15(2,3)23-14(22)20-9-4-8(9)5-10(20)13(21)19-12-7-17-6-11(16)18-12/h6-10H,4-5H2,1-3H3,(H,18,19,21)/t8-,9-,10+/m1/s1. The van der Waals surface area contributed by atoms with Crippen LogP contribution in [0.2, 0.25) is 5.15 Å². The van der Waals surface area contributed by atoms with Crippen molar-refractivity contribution >= 4 is 29.4 Å². The van der Waals surface area contributed by atoms with Crippen molar-refractivity contribution in [3.63, 3.8) is 0 Å². The number of hydrogen-bond donors (Lipinski definition) is 1. The fourth-order valence-electron chi connectivity index (χ4n) is 2.88. The summed E-state index contributed by atoms with van der Waals surface area (Å²) in [6.07, 6.45) is 3.93. The first-order chi connectivity index (χ1) is 10.7.